The predicted octanol–water partition coefficient (Wildman–Crippen LogP) is 1.64. The molecule has 2 aliphatic rings. The maximum absolute atomic E-state index is 12.4. The molecule has 0 spiro atoms. The summed E-state index contributed by atoms with van der Waals surface area (Å²) in [6.07, 6.45) is 2.06. The van der Waals surface area contributed by atoms with Crippen molar-refractivity contribution in [2.45, 2.75) is 39.2 Å². The second-order valence-electron chi connectivity index (χ2n) is 7.20. The molecule has 2 aliphatic heterocycles. The molecule has 2 amide bonds. The molecule has 1 aromatic rings. The fraction of sp³-hybridized carbons (Fsp3) is 0.600. The predicted molar refractivity (Wildman–Crippen MR) is 101 cm³/mol. The Morgan fingerprint density at radius 2 is 1.96 bits per heavy atom. The second-order valence-corrected chi connectivity index (χ2v) is 7.20. The van der Waals surface area contributed by atoms with E-state index in [9.17, 15) is 9.59 Å². The molecular formula is C20H29N3O3. The van der Waals surface area contributed by atoms with Gasteiger partial charge in [-0.1, -0.05) is 12.1 Å². The quantitative estimate of drug-likeness (QED) is 0.812. The Morgan fingerprint density at radius 3 is 2.65 bits per heavy atom. The standard InChI is InChI=1S/C20H29N3O3/c1-15-5-3-7-18(16(15)2)22-8-10-23(11-9-22)20(25)13-19(24)21-14-17-6-4-12-26-17/h3,5,7,17H,4,6,8-14H2,1-2H3,(H,21,24). The van der Waals surface area contributed by atoms with E-state index in [1.165, 1.54) is 16.8 Å². The Kier molecular flexibility index (Phi) is 6.14. The van der Waals surface area contributed by atoms with E-state index in [4.69, 9.17) is 4.74 Å². The van der Waals surface area contributed by atoms with Crippen molar-refractivity contribution >= 4 is 17.5 Å². The van der Waals surface area contributed by atoms with Crippen LogP contribution < -0.4 is 10.2 Å². The van der Waals surface area contributed by atoms with Crippen LogP contribution in [0, 0.1) is 13.8 Å². The van der Waals surface area contributed by atoms with E-state index in [0.717, 1.165) is 32.5 Å². The zero-order chi connectivity index (χ0) is 18.5. The number of hydrogen-bond donors (Lipinski definition) is 1. The molecule has 6 heteroatoms. The van der Waals surface area contributed by atoms with Crippen molar-refractivity contribution in [3.63, 3.8) is 0 Å². The SMILES string of the molecule is Cc1cccc(N2CCN(C(=O)CC(=O)NCC3CCCO3)CC2)c1C. The molecule has 0 saturated carbocycles. The molecule has 1 aromatic carbocycles. The molecule has 1 atom stereocenters. The van der Waals surface area contributed by atoms with Crippen LogP contribution in [0.1, 0.15) is 30.4 Å². The number of amides is 2. The van der Waals surface area contributed by atoms with Gasteiger partial charge in [0.1, 0.15) is 6.42 Å². The van der Waals surface area contributed by atoms with Crippen molar-refractivity contribution in [3.8, 4) is 0 Å². The van der Waals surface area contributed by atoms with Gasteiger partial charge in [0.2, 0.25) is 11.8 Å². The maximum Gasteiger partial charge on any atom is 0.232 e. The number of nitrogens with zero attached hydrogens (tertiary/aromatic N) is 2. The van der Waals surface area contributed by atoms with Crippen LogP contribution in [0.3, 0.4) is 0 Å². The molecule has 1 unspecified atom stereocenters. The molecule has 26 heavy (non-hydrogen) atoms. The normalized spacial score (nSPS) is 20.3. The van der Waals surface area contributed by atoms with Crippen LogP contribution in [0.5, 0.6) is 0 Å². The van der Waals surface area contributed by atoms with Gasteiger partial charge in [-0.15, -0.1) is 0 Å². The zero-order valence-corrected chi connectivity index (χ0v) is 15.8. The Labute approximate surface area is 155 Å². The zero-order valence-electron chi connectivity index (χ0n) is 15.8. The van der Waals surface area contributed by atoms with E-state index >= 15 is 0 Å². The molecule has 6 nitrogen and oxygen atoms in total. The second kappa shape index (κ2) is 8.54. The Balaban J connectivity index is 1.44. The molecule has 2 heterocycles. The third-order valence-electron chi connectivity index (χ3n) is 5.41. The minimum absolute atomic E-state index is 0.0732. The number of nitrogens with one attached hydrogen (secondary N) is 1. The number of carbonyl (C=O) groups is 2. The fourth-order valence-electron chi connectivity index (χ4n) is 3.62. The number of anilines is 1. The van der Waals surface area contributed by atoms with Crippen LogP contribution in [0.4, 0.5) is 5.69 Å². The van der Waals surface area contributed by atoms with Crippen LogP contribution in [-0.2, 0) is 14.3 Å². The van der Waals surface area contributed by atoms with Gasteiger partial charge in [0.25, 0.3) is 0 Å². The highest BCUT2D eigenvalue weighted by Gasteiger charge is 2.24. The summed E-state index contributed by atoms with van der Waals surface area (Å²) in [5, 5.41) is 2.82. The van der Waals surface area contributed by atoms with Gasteiger partial charge in [-0.2, -0.15) is 0 Å². The molecule has 0 bridgehead atoms. The summed E-state index contributed by atoms with van der Waals surface area (Å²) in [6, 6.07) is 6.33. The third kappa shape index (κ3) is 4.55. The van der Waals surface area contributed by atoms with Crippen molar-refractivity contribution < 1.29 is 14.3 Å². The van der Waals surface area contributed by atoms with Crippen molar-refractivity contribution in [2.75, 3.05) is 44.2 Å². The highest BCUT2D eigenvalue weighted by molar-refractivity contribution is 5.97. The first-order chi connectivity index (χ1) is 12.5. The molecule has 0 radical (unpaired) electrons. The van der Waals surface area contributed by atoms with Gasteiger partial charge in [-0.25, -0.2) is 0 Å². The minimum atomic E-state index is -0.206. The van der Waals surface area contributed by atoms with Gasteiger partial charge in [0.15, 0.2) is 0 Å². The van der Waals surface area contributed by atoms with Gasteiger partial charge in [-0.05, 0) is 43.9 Å². The molecule has 2 fully saturated rings. The Hall–Kier alpha value is -2.08. The summed E-state index contributed by atoms with van der Waals surface area (Å²) >= 11 is 0. The average Bonchev–Trinajstić information content (AvgIpc) is 3.16. The topological polar surface area (TPSA) is 61.9 Å². The summed E-state index contributed by atoms with van der Waals surface area (Å²) < 4.78 is 5.48. The lowest BCUT2D eigenvalue weighted by atomic mass is 10.1. The van der Waals surface area contributed by atoms with Crippen molar-refractivity contribution in [1.82, 2.24) is 10.2 Å². The summed E-state index contributed by atoms with van der Waals surface area (Å²) in [5.74, 6) is -0.294. The molecule has 142 valence electrons. The first kappa shape index (κ1) is 18.7. The van der Waals surface area contributed by atoms with Gasteiger partial charge in [-0.3, -0.25) is 9.59 Å². The molecular weight excluding hydrogens is 330 g/mol. The number of benzene rings is 1. The van der Waals surface area contributed by atoms with Crippen LogP contribution in [0.2, 0.25) is 0 Å². The number of carbonyl (C=O) groups excluding carboxylic acids is 2. The highest BCUT2D eigenvalue weighted by atomic mass is 16.5. The monoisotopic (exact) mass is 359 g/mol. The van der Waals surface area contributed by atoms with Crippen molar-refractivity contribution in [3.05, 3.63) is 29.3 Å². The van der Waals surface area contributed by atoms with Crippen LogP contribution >= 0.6 is 0 Å². The minimum Gasteiger partial charge on any atom is -0.376 e. The van der Waals surface area contributed by atoms with E-state index in [2.05, 4.69) is 42.3 Å². The lowest BCUT2D eigenvalue weighted by Crippen LogP contribution is -2.50. The van der Waals surface area contributed by atoms with E-state index in [1.807, 2.05) is 0 Å². The van der Waals surface area contributed by atoms with E-state index in [1.54, 1.807) is 4.90 Å². The Morgan fingerprint density at radius 1 is 1.19 bits per heavy atom. The van der Waals surface area contributed by atoms with E-state index in [-0.39, 0.29) is 24.3 Å². The van der Waals surface area contributed by atoms with E-state index < -0.39 is 0 Å². The summed E-state index contributed by atoms with van der Waals surface area (Å²) in [6.45, 7) is 8.45. The molecule has 0 aromatic heterocycles. The molecule has 3 rings (SSSR count). The number of aryl methyl sites for hydroxylation is 1. The first-order valence-electron chi connectivity index (χ1n) is 9.52. The third-order valence-corrected chi connectivity index (χ3v) is 5.41. The summed E-state index contributed by atoms with van der Waals surface area (Å²) in [4.78, 5) is 28.5. The van der Waals surface area contributed by atoms with Gasteiger partial charge in [0.05, 0.1) is 6.10 Å². The average molecular weight is 359 g/mol. The van der Waals surface area contributed by atoms with Crippen molar-refractivity contribution in [1.29, 1.82) is 0 Å². The lowest BCUT2D eigenvalue weighted by molar-refractivity contribution is -0.136. The van der Waals surface area contributed by atoms with Crippen LogP contribution in [0.25, 0.3) is 0 Å². The fourth-order valence-corrected chi connectivity index (χ4v) is 3.62. The van der Waals surface area contributed by atoms with Crippen molar-refractivity contribution in [2.24, 2.45) is 0 Å². The number of piperazine rings is 1. The smallest absolute Gasteiger partial charge is 0.232 e. The molecule has 0 aliphatic carbocycles. The summed E-state index contributed by atoms with van der Waals surface area (Å²) in [7, 11) is 0. The van der Waals surface area contributed by atoms with Gasteiger partial charge >= 0.3 is 0 Å². The number of rotatable bonds is 5. The Bertz CT molecular complexity index is 648. The largest absolute Gasteiger partial charge is 0.376 e. The van der Waals surface area contributed by atoms with E-state index in [0.29, 0.717) is 19.6 Å². The first-order valence-corrected chi connectivity index (χ1v) is 9.52. The van der Waals surface area contributed by atoms with Crippen LogP contribution in [0.15, 0.2) is 18.2 Å². The number of ether oxygens (including phenoxy) is 1. The van der Waals surface area contributed by atoms with Crippen LogP contribution in [-0.4, -0.2) is 62.1 Å². The lowest BCUT2D eigenvalue weighted by Gasteiger charge is -2.37. The van der Waals surface area contributed by atoms with Gasteiger partial charge in [0, 0.05) is 45.0 Å². The number of hydrogen-bond acceptors (Lipinski definition) is 4. The molecule has 1 N–H and O–H groups in total. The highest BCUT2D eigenvalue weighted by Crippen LogP contribution is 2.24. The van der Waals surface area contributed by atoms with Gasteiger partial charge < -0.3 is 19.9 Å². The molecule has 2 saturated heterocycles. The maximum atomic E-state index is 12.4. The summed E-state index contributed by atoms with van der Waals surface area (Å²) in [5.41, 5.74) is 3.82.